The van der Waals surface area contributed by atoms with Crippen molar-refractivity contribution in [2.45, 2.75) is 13.8 Å². The summed E-state index contributed by atoms with van der Waals surface area (Å²) >= 11 is 0. The SMILES string of the molecule is CCN(CC)S(=O)(=O)CCNc1cc(C#N)nc2ccccc12. The van der Waals surface area contributed by atoms with Crippen LogP contribution < -0.4 is 5.32 Å². The number of nitrogens with zero attached hydrogens (tertiary/aromatic N) is 3. The summed E-state index contributed by atoms with van der Waals surface area (Å²) in [6, 6.07) is 11.1. The highest BCUT2D eigenvalue weighted by Crippen LogP contribution is 2.22. The third kappa shape index (κ3) is 3.97. The van der Waals surface area contributed by atoms with Crippen LogP contribution in [0.15, 0.2) is 30.3 Å². The molecular weight excluding hydrogens is 312 g/mol. The molecule has 0 amide bonds. The number of hydrogen-bond donors (Lipinski definition) is 1. The van der Waals surface area contributed by atoms with Crippen molar-refractivity contribution >= 4 is 26.6 Å². The quantitative estimate of drug-likeness (QED) is 0.840. The van der Waals surface area contributed by atoms with Crippen LogP contribution in [-0.4, -0.2) is 43.1 Å². The Balaban J connectivity index is 2.18. The minimum absolute atomic E-state index is 0.00716. The standard InChI is InChI=1S/C16H20N4O2S/c1-3-20(4-2)23(21,22)10-9-18-16-11-13(12-17)19-15-8-6-5-7-14(15)16/h5-8,11H,3-4,9-10H2,1-2H3,(H,18,19). The fourth-order valence-corrected chi connectivity index (χ4v) is 3.84. The van der Waals surface area contributed by atoms with Crippen LogP contribution in [0.25, 0.3) is 10.9 Å². The van der Waals surface area contributed by atoms with Crippen molar-refractivity contribution < 1.29 is 8.42 Å². The molecule has 6 nitrogen and oxygen atoms in total. The fraction of sp³-hybridized carbons (Fsp3) is 0.375. The lowest BCUT2D eigenvalue weighted by Crippen LogP contribution is -2.34. The molecule has 1 aromatic carbocycles. The first-order chi connectivity index (χ1) is 11.0. The molecular formula is C16H20N4O2S. The Hall–Kier alpha value is -2.17. The van der Waals surface area contributed by atoms with Crippen molar-refractivity contribution in [2.24, 2.45) is 0 Å². The van der Waals surface area contributed by atoms with Gasteiger partial charge in [-0.3, -0.25) is 0 Å². The molecule has 0 saturated heterocycles. The fourth-order valence-electron chi connectivity index (χ4n) is 2.44. The van der Waals surface area contributed by atoms with Gasteiger partial charge in [-0.15, -0.1) is 0 Å². The Morgan fingerprint density at radius 3 is 2.61 bits per heavy atom. The maximum atomic E-state index is 12.2. The van der Waals surface area contributed by atoms with Gasteiger partial charge < -0.3 is 5.32 Å². The summed E-state index contributed by atoms with van der Waals surface area (Å²) in [5.74, 6) is 0.00716. The minimum atomic E-state index is -3.27. The molecule has 0 fully saturated rings. The number of benzene rings is 1. The van der Waals surface area contributed by atoms with E-state index in [1.165, 1.54) is 4.31 Å². The van der Waals surface area contributed by atoms with Crippen LogP contribution in [-0.2, 0) is 10.0 Å². The minimum Gasteiger partial charge on any atom is -0.383 e. The van der Waals surface area contributed by atoms with Crippen LogP contribution in [0.4, 0.5) is 5.69 Å². The molecule has 0 aliphatic carbocycles. The predicted molar refractivity (Wildman–Crippen MR) is 91.7 cm³/mol. The summed E-state index contributed by atoms with van der Waals surface area (Å²) in [6.07, 6.45) is 0. The molecule has 2 rings (SSSR count). The lowest BCUT2D eigenvalue weighted by molar-refractivity contribution is 0.446. The van der Waals surface area contributed by atoms with Gasteiger partial charge in [0.25, 0.3) is 0 Å². The number of rotatable bonds is 7. The van der Waals surface area contributed by atoms with E-state index in [9.17, 15) is 8.42 Å². The first-order valence-electron chi connectivity index (χ1n) is 7.53. The molecule has 2 aromatic rings. The van der Waals surface area contributed by atoms with Gasteiger partial charge in [0.05, 0.1) is 11.3 Å². The predicted octanol–water partition coefficient (Wildman–Crippen LogP) is 2.19. The van der Waals surface area contributed by atoms with Gasteiger partial charge in [0.1, 0.15) is 11.8 Å². The largest absolute Gasteiger partial charge is 0.383 e. The van der Waals surface area contributed by atoms with Crippen molar-refractivity contribution in [3.63, 3.8) is 0 Å². The van der Waals surface area contributed by atoms with Crippen LogP contribution in [0.5, 0.6) is 0 Å². The van der Waals surface area contributed by atoms with Crippen molar-refractivity contribution in [3.8, 4) is 6.07 Å². The normalized spacial score (nSPS) is 11.6. The molecule has 23 heavy (non-hydrogen) atoms. The first kappa shape index (κ1) is 17.2. The Labute approximate surface area is 136 Å². The van der Waals surface area contributed by atoms with Gasteiger partial charge in [0.15, 0.2) is 0 Å². The molecule has 7 heteroatoms. The third-order valence-corrected chi connectivity index (χ3v) is 5.63. The summed E-state index contributed by atoms with van der Waals surface area (Å²) in [7, 11) is -3.27. The number of anilines is 1. The second-order valence-electron chi connectivity index (χ2n) is 5.01. The van der Waals surface area contributed by atoms with Crippen LogP contribution in [0, 0.1) is 11.3 Å². The summed E-state index contributed by atoms with van der Waals surface area (Å²) in [5.41, 5.74) is 1.74. The van der Waals surface area contributed by atoms with Gasteiger partial charge in [0.2, 0.25) is 10.0 Å². The molecule has 0 saturated carbocycles. The number of pyridine rings is 1. The number of fused-ring (bicyclic) bond motifs is 1. The van der Waals surface area contributed by atoms with E-state index in [2.05, 4.69) is 10.3 Å². The average molecular weight is 332 g/mol. The molecule has 0 aliphatic rings. The maximum absolute atomic E-state index is 12.2. The number of para-hydroxylation sites is 1. The molecule has 1 heterocycles. The van der Waals surface area contributed by atoms with Crippen LogP contribution in [0.3, 0.4) is 0 Å². The number of sulfonamides is 1. The highest BCUT2D eigenvalue weighted by molar-refractivity contribution is 7.89. The zero-order chi connectivity index (χ0) is 16.9. The number of hydrogen-bond acceptors (Lipinski definition) is 5. The van der Waals surface area contributed by atoms with Gasteiger partial charge in [-0.25, -0.2) is 17.7 Å². The van der Waals surface area contributed by atoms with Crippen LogP contribution >= 0.6 is 0 Å². The summed E-state index contributed by atoms with van der Waals surface area (Å²) in [4.78, 5) is 4.24. The Morgan fingerprint density at radius 2 is 1.96 bits per heavy atom. The maximum Gasteiger partial charge on any atom is 0.215 e. The Morgan fingerprint density at radius 1 is 1.26 bits per heavy atom. The average Bonchev–Trinajstić information content (AvgIpc) is 2.55. The van der Waals surface area contributed by atoms with Gasteiger partial charge in [-0.2, -0.15) is 5.26 Å². The highest BCUT2D eigenvalue weighted by atomic mass is 32.2. The van der Waals surface area contributed by atoms with Crippen molar-refractivity contribution in [1.82, 2.24) is 9.29 Å². The smallest absolute Gasteiger partial charge is 0.215 e. The molecule has 1 aromatic heterocycles. The van der Waals surface area contributed by atoms with Crippen molar-refractivity contribution in [3.05, 3.63) is 36.0 Å². The topological polar surface area (TPSA) is 86.1 Å². The number of aromatic nitrogens is 1. The number of nitriles is 1. The molecule has 0 spiro atoms. The van der Waals surface area contributed by atoms with E-state index in [-0.39, 0.29) is 12.3 Å². The molecule has 1 N–H and O–H groups in total. The molecule has 0 unspecified atom stereocenters. The van der Waals surface area contributed by atoms with Gasteiger partial charge in [-0.05, 0) is 12.1 Å². The van der Waals surface area contributed by atoms with Gasteiger partial charge in [0, 0.05) is 30.7 Å². The van der Waals surface area contributed by atoms with Crippen LogP contribution in [0.1, 0.15) is 19.5 Å². The van der Waals surface area contributed by atoms with E-state index >= 15 is 0 Å². The van der Waals surface area contributed by atoms with E-state index in [1.54, 1.807) is 6.07 Å². The van der Waals surface area contributed by atoms with E-state index in [0.717, 1.165) is 11.1 Å². The zero-order valence-electron chi connectivity index (χ0n) is 13.3. The monoisotopic (exact) mass is 332 g/mol. The van der Waals surface area contributed by atoms with Crippen molar-refractivity contribution in [1.29, 1.82) is 5.26 Å². The molecule has 0 atom stereocenters. The zero-order valence-corrected chi connectivity index (χ0v) is 14.1. The second kappa shape index (κ2) is 7.40. The Kier molecular flexibility index (Phi) is 5.53. The second-order valence-corrected chi connectivity index (χ2v) is 7.10. The van der Waals surface area contributed by atoms with Crippen molar-refractivity contribution in [2.75, 3.05) is 30.7 Å². The molecule has 0 radical (unpaired) electrons. The van der Waals surface area contributed by atoms with E-state index in [4.69, 9.17) is 5.26 Å². The Bertz CT molecular complexity index is 824. The lowest BCUT2D eigenvalue weighted by atomic mass is 10.1. The molecule has 0 bridgehead atoms. The summed E-state index contributed by atoms with van der Waals surface area (Å²) < 4.78 is 25.8. The van der Waals surface area contributed by atoms with Gasteiger partial charge in [-0.1, -0.05) is 32.0 Å². The van der Waals surface area contributed by atoms with E-state index in [1.807, 2.05) is 44.2 Å². The van der Waals surface area contributed by atoms with Crippen LogP contribution in [0.2, 0.25) is 0 Å². The first-order valence-corrected chi connectivity index (χ1v) is 9.14. The number of nitrogens with one attached hydrogen (secondary N) is 1. The molecule has 0 aliphatic heterocycles. The van der Waals surface area contributed by atoms with Gasteiger partial charge >= 0.3 is 0 Å². The molecule has 122 valence electrons. The third-order valence-electron chi connectivity index (χ3n) is 3.61. The van der Waals surface area contributed by atoms with E-state index in [0.29, 0.717) is 24.3 Å². The van der Waals surface area contributed by atoms with E-state index < -0.39 is 10.0 Å². The summed E-state index contributed by atoms with van der Waals surface area (Å²) in [6.45, 7) is 4.86. The summed E-state index contributed by atoms with van der Waals surface area (Å²) in [5, 5.41) is 13.1. The lowest BCUT2D eigenvalue weighted by Gasteiger charge is -2.18. The highest BCUT2D eigenvalue weighted by Gasteiger charge is 2.18.